The summed E-state index contributed by atoms with van der Waals surface area (Å²) in [5.74, 6) is 0.454. The van der Waals surface area contributed by atoms with Gasteiger partial charge in [-0.05, 0) is 61.1 Å². The van der Waals surface area contributed by atoms with Crippen LogP contribution < -0.4 is 10.6 Å². The number of aryl methyl sites for hydroxylation is 1. The number of aromatic nitrogens is 1. The molecule has 0 fully saturated rings. The minimum Gasteiger partial charge on any atom is -0.436 e. The summed E-state index contributed by atoms with van der Waals surface area (Å²) in [5, 5.41) is 5.85. The molecule has 0 aliphatic carbocycles. The Morgan fingerprint density at radius 1 is 1.21 bits per heavy atom. The number of rotatable bonds is 3. The molecule has 0 spiro atoms. The SMILES string of the molecule is CCC(=O)NC(=S)Nc1ccc(-c2nc3cc(C)ccc3o2)cc1. The quantitative estimate of drug-likeness (QED) is 0.705. The predicted octanol–water partition coefficient (Wildman–Crippen LogP) is 4.03. The Labute approximate surface area is 145 Å². The predicted molar refractivity (Wildman–Crippen MR) is 98.8 cm³/mol. The van der Waals surface area contributed by atoms with E-state index in [1.807, 2.05) is 49.4 Å². The standard InChI is InChI=1S/C18H17N3O2S/c1-3-16(22)21-18(24)19-13-7-5-12(6-8-13)17-20-14-10-11(2)4-9-15(14)23-17/h4-10H,3H2,1-2H3,(H2,19,21,22,24). The second-order valence-corrected chi connectivity index (χ2v) is 5.83. The maximum Gasteiger partial charge on any atom is 0.227 e. The van der Waals surface area contributed by atoms with Crippen molar-refractivity contribution in [2.75, 3.05) is 5.32 Å². The first-order valence-electron chi connectivity index (χ1n) is 7.63. The van der Waals surface area contributed by atoms with Crippen LogP contribution in [0, 0.1) is 6.92 Å². The highest BCUT2D eigenvalue weighted by molar-refractivity contribution is 7.80. The lowest BCUT2D eigenvalue weighted by Gasteiger charge is -2.08. The largest absolute Gasteiger partial charge is 0.436 e. The van der Waals surface area contributed by atoms with E-state index >= 15 is 0 Å². The van der Waals surface area contributed by atoms with E-state index in [0.29, 0.717) is 12.3 Å². The van der Waals surface area contributed by atoms with Gasteiger partial charge in [-0.15, -0.1) is 0 Å². The van der Waals surface area contributed by atoms with Gasteiger partial charge in [0.15, 0.2) is 10.7 Å². The zero-order valence-corrected chi connectivity index (χ0v) is 14.2. The van der Waals surface area contributed by atoms with Crippen LogP contribution in [0.4, 0.5) is 5.69 Å². The molecule has 2 N–H and O–H groups in total. The summed E-state index contributed by atoms with van der Waals surface area (Å²) in [6.45, 7) is 3.79. The molecule has 2 aromatic carbocycles. The summed E-state index contributed by atoms with van der Waals surface area (Å²) >= 11 is 5.09. The van der Waals surface area contributed by atoms with Crippen molar-refractivity contribution in [1.82, 2.24) is 10.3 Å². The second-order valence-electron chi connectivity index (χ2n) is 5.42. The summed E-state index contributed by atoms with van der Waals surface area (Å²) in [7, 11) is 0. The average molecular weight is 339 g/mol. The number of oxazole rings is 1. The Balaban J connectivity index is 1.75. The molecule has 0 unspecified atom stereocenters. The lowest BCUT2D eigenvalue weighted by molar-refractivity contribution is -0.119. The third-order valence-electron chi connectivity index (χ3n) is 3.51. The molecule has 0 atom stereocenters. The summed E-state index contributed by atoms with van der Waals surface area (Å²) in [5.41, 5.74) is 4.41. The van der Waals surface area contributed by atoms with Gasteiger partial charge in [0.25, 0.3) is 0 Å². The first-order chi connectivity index (χ1) is 11.5. The van der Waals surface area contributed by atoms with Gasteiger partial charge < -0.3 is 15.1 Å². The van der Waals surface area contributed by atoms with E-state index in [0.717, 1.165) is 27.9 Å². The van der Waals surface area contributed by atoms with Crippen LogP contribution in [-0.2, 0) is 4.79 Å². The number of carbonyl (C=O) groups excluding carboxylic acids is 1. The number of amides is 1. The molecule has 0 aliphatic heterocycles. The van der Waals surface area contributed by atoms with Crippen LogP contribution in [0.2, 0.25) is 0 Å². The first kappa shape index (κ1) is 16.1. The molecule has 3 aromatic rings. The normalized spacial score (nSPS) is 10.6. The van der Waals surface area contributed by atoms with E-state index in [4.69, 9.17) is 16.6 Å². The molecule has 3 rings (SSSR count). The smallest absolute Gasteiger partial charge is 0.227 e. The molecule has 0 aliphatic rings. The molecule has 5 nitrogen and oxygen atoms in total. The van der Waals surface area contributed by atoms with E-state index in [9.17, 15) is 4.79 Å². The summed E-state index contributed by atoms with van der Waals surface area (Å²) in [4.78, 5) is 15.8. The van der Waals surface area contributed by atoms with Gasteiger partial charge in [-0.25, -0.2) is 4.98 Å². The fourth-order valence-corrected chi connectivity index (χ4v) is 2.47. The first-order valence-corrected chi connectivity index (χ1v) is 8.04. The number of fused-ring (bicyclic) bond motifs is 1. The van der Waals surface area contributed by atoms with Gasteiger partial charge in [-0.2, -0.15) is 0 Å². The molecule has 122 valence electrons. The molecule has 6 heteroatoms. The van der Waals surface area contributed by atoms with Crippen LogP contribution in [0.25, 0.3) is 22.6 Å². The molecule has 1 heterocycles. The summed E-state index contributed by atoms with van der Waals surface area (Å²) in [6.07, 6.45) is 0.387. The second kappa shape index (κ2) is 6.80. The van der Waals surface area contributed by atoms with Crippen LogP contribution >= 0.6 is 12.2 Å². The summed E-state index contributed by atoms with van der Waals surface area (Å²) < 4.78 is 5.78. The van der Waals surface area contributed by atoms with Crippen molar-refractivity contribution in [3.05, 3.63) is 48.0 Å². The highest BCUT2D eigenvalue weighted by Crippen LogP contribution is 2.25. The molecule has 0 bridgehead atoms. The zero-order chi connectivity index (χ0) is 17.1. The molecule has 1 aromatic heterocycles. The van der Waals surface area contributed by atoms with Gasteiger partial charge in [0.2, 0.25) is 11.8 Å². The number of hydrogen-bond acceptors (Lipinski definition) is 4. The highest BCUT2D eigenvalue weighted by atomic mass is 32.1. The number of carbonyl (C=O) groups is 1. The number of nitrogens with zero attached hydrogens (tertiary/aromatic N) is 1. The fraction of sp³-hybridized carbons (Fsp3) is 0.167. The third-order valence-corrected chi connectivity index (χ3v) is 3.71. The number of anilines is 1. The van der Waals surface area contributed by atoms with Crippen molar-refractivity contribution in [2.24, 2.45) is 0 Å². The van der Waals surface area contributed by atoms with Crippen LogP contribution in [0.1, 0.15) is 18.9 Å². The van der Waals surface area contributed by atoms with Gasteiger partial charge in [0.05, 0.1) is 0 Å². The molecular formula is C18H17N3O2S. The Kier molecular flexibility index (Phi) is 4.57. The Bertz CT molecular complexity index is 900. The van der Waals surface area contributed by atoms with Crippen molar-refractivity contribution >= 4 is 40.0 Å². The topological polar surface area (TPSA) is 67.2 Å². The van der Waals surface area contributed by atoms with E-state index in [2.05, 4.69) is 15.6 Å². The van der Waals surface area contributed by atoms with Crippen LogP contribution in [0.3, 0.4) is 0 Å². The number of nitrogens with one attached hydrogen (secondary N) is 2. The lowest BCUT2D eigenvalue weighted by Crippen LogP contribution is -2.33. The van der Waals surface area contributed by atoms with Gasteiger partial charge in [0.1, 0.15) is 5.52 Å². The molecule has 0 saturated heterocycles. The van der Waals surface area contributed by atoms with Gasteiger partial charge in [0, 0.05) is 17.7 Å². The number of benzene rings is 2. The summed E-state index contributed by atoms with van der Waals surface area (Å²) in [6, 6.07) is 13.4. The third kappa shape index (κ3) is 3.60. The molecule has 0 saturated carbocycles. The van der Waals surface area contributed by atoms with Crippen molar-refractivity contribution in [3.8, 4) is 11.5 Å². The lowest BCUT2D eigenvalue weighted by atomic mass is 10.2. The Morgan fingerprint density at radius 3 is 2.67 bits per heavy atom. The van der Waals surface area contributed by atoms with Crippen molar-refractivity contribution in [3.63, 3.8) is 0 Å². The Hall–Kier alpha value is -2.73. The van der Waals surface area contributed by atoms with E-state index in [-0.39, 0.29) is 11.0 Å². The van der Waals surface area contributed by atoms with Crippen molar-refractivity contribution < 1.29 is 9.21 Å². The monoisotopic (exact) mass is 339 g/mol. The Morgan fingerprint density at radius 2 is 1.96 bits per heavy atom. The van der Waals surface area contributed by atoms with E-state index in [1.165, 1.54) is 0 Å². The molecule has 1 amide bonds. The number of hydrogen-bond donors (Lipinski definition) is 2. The fourth-order valence-electron chi connectivity index (χ4n) is 2.23. The van der Waals surface area contributed by atoms with Gasteiger partial charge in [-0.1, -0.05) is 13.0 Å². The minimum absolute atomic E-state index is 0.120. The van der Waals surface area contributed by atoms with Crippen molar-refractivity contribution in [2.45, 2.75) is 20.3 Å². The van der Waals surface area contributed by atoms with Gasteiger partial charge >= 0.3 is 0 Å². The molecular weight excluding hydrogens is 322 g/mol. The molecule has 24 heavy (non-hydrogen) atoms. The van der Waals surface area contributed by atoms with E-state index in [1.54, 1.807) is 6.92 Å². The van der Waals surface area contributed by atoms with Crippen LogP contribution in [0.15, 0.2) is 46.9 Å². The highest BCUT2D eigenvalue weighted by Gasteiger charge is 2.09. The minimum atomic E-state index is -0.120. The zero-order valence-electron chi connectivity index (χ0n) is 13.4. The van der Waals surface area contributed by atoms with Crippen LogP contribution in [0.5, 0.6) is 0 Å². The molecule has 0 radical (unpaired) electrons. The van der Waals surface area contributed by atoms with Crippen LogP contribution in [-0.4, -0.2) is 16.0 Å². The maximum absolute atomic E-state index is 11.3. The van der Waals surface area contributed by atoms with Gasteiger partial charge in [-0.3, -0.25) is 4.79 Å². The average Bonchev–Trinajstić information content (AvgIpc) is 2.98. The number of thiocarbonyl (C=S) groups is 1. The van der Waals surface area contributed by atoms with Crippen molar-refractivity contribution in [1.29, 1.82) is 0 Å². The van der Waals surface area contributed by atoms with E-state index < -0.39 is 0 Å². The maximum atomic E-state index is 11.3.